The molecule has 1 aromatic carbocycles. The molecule has 3 aromatic rings. The van der Waals surface area contributed by atoms with Crippen molar-refractivity contribution in [1.82, 2.24) is 14.1 Å². The van der Waals surface area contributed by atoms with Crippen molar-refractivity contribution in [3.05, 3.63) is 75.4 Å². The lowest BCUT2D eigenvalue weighted by Crippen LogP contribution is -2.43. The molecule has 13 nitrogen and oxygen atoms in total. The van der Waals surface area contributed by atoms with Gasteiger partial charge in [-0.25, -0.2) is 14.3 Å². The third-order valence-electron chi connectivity index (χ3n) is 5.00. The minimum atomic E-state index is -4.84. The second-order valence-corrected chi connectivity index (χ2v) is 8.50. The molecule has 2 unspecified atom stereocenters. The van der Waals surface area contributed by atoms with Crippen LogP contribution >= 0.6 is 7.82 Å². The lowest BCUT2D eigenvalue weighted by Gasteiger charge is -2.18. The topological polar surface area (TPSA) is 186 Å². The smallest absolute Gasteiger partial charge is 0.439 e. The Morgan fingerprint density at radius 1 is 1.09 bits per heavy atom. The van der Waals surface area contributed by atoms with E-state index in [2.05, 4.69) is 9.51 Å². The minimum absolute atomic E-state index is 0.228. The number of aromatic nitrogens is 3. The van der Waals surface area contributed by atoms with E-state index in [1.807, 2.05) is 6.07 Å². The number of rotatable bonds is 7. The summed E-state index contributed by atoms with van der Waals surface area (Å²) in [6, 6.07) is 10.1. The molecular formula is C19H20N3O10P. The molecule has 1 fully saturated rings. The van der Waals surface area contributed by atoms with Gasteiger partial charge in [0.05, 0.1) is 19.3 Å². The summed E-state index contributed by atoms with van der Waals surface area (Å²) in [5.74, 6) is 0.534. The average Bonchev–Trinajstić information content (AvgIpc) is 3.35. The molecule has 14 heteroatoms. The number of aliphatic hydroxyl groups excluding tert-OH is 2. The van der Waals surface area contributed by atoms with Crippen LogP contribution in [0.1, 0.15) is 12.0 Å². The van der Waals surface area contributed by atoms with Crippen LogP contribution in [0.5, 0.6) is 0 Å². The van der Waals surface area contributed by atoms with E-state index >= 15 is 0 Å². The van der Waals surface area contributed by atoms with Crippen LogP contribution in [0.15, 0.2) is 62.8 Å². The highest BCUT2D eigenvalue weighted by Crippen LogP contribution is 2.38. The molecule has 0 spiro atoms. The summed E-state index contributed by atoms with van der Waals surface area (Å²) in [4.78, 5) is 47.1. The molecule has 1 aliphatic heterocycles. The molecule has 4 rings (SSSR count). The summed E-state index contributed by atoms with van der Waals surface area (Å²) in [7, 11) is -4.84. The van der Waals surface area contributed by atoms with E-state index in [9.17, 15) is 24.4 Å². The largest absolute Gasteiger partial charge is 0.469 e. The Balaban J connectivity index is 1.58. The van der Waals surface area contributed by atoms with Crippen LogP contribution in [0, 0.1) is 0 Å². The van der Waals surface area contributed by atoms with Gasteiger partial charge in [-0.05, 0) is 12.1 Å². The zero-order chi connectivity index (χ0) is 23.8. The molecule has 0 saturated carbocycles. The number of ether oxygens (including phenoxy) is 1. The lowest BCUT2D eigenvalue weighted by atomic mass is 10.1. The first kappa shape index (κ1) is 23.3. The third-order valence-corrected chi connectivity index (χ3v) is 5.49. The van der Waals surface area contributed by atoms with Crippen LogP contribution in [-0.4, -0.2) is 59.0 Å². The van der Waals surface area contributed by atoms with Gasteiger partial charge in [-0.3, -0.25) is 18.5 Å². The van der Waals surface area contributed by atoms with E-state index in [1.165, 1.54) is 6.20 Å². The number of phosphoric ester groups is 1. The zero-order valence-electron chi connectivity index (χ0n) is 16.9. The first-order valence-electron chi connectivity index (χ1n) is 9.68. The van der Waals surface area contributed by atoms with E-state index in [4.69, 9.17) is 18.9 Å². The first-order valence-corrected chi connectivity index (χ1v) is 11.2. The molecule has 176 valence electrons. The number of hydrogen-bond donors (Lipinski definition) is 4. The maximum atomic E-state index is 13.0. The molecule has 0 aliphatic carbocycles. The summed E-state index contributed by atoms with van der Waals surface area (Å²) in [5, 5.41) is 20.4. The number of aliphatic hydroxyl groups is 2. The molecule has 1 aliphatic rings. The van der Waals surface area contributed by atoms with Crippen molar-refractivity contribution >= 4 is 7.82 Å². The Kier molecular flexibility index (Phi) is 6.45. The van der Waals surface area contributed by atoms with Crippen LogP contribution in [-0.2, 0) is 20.4 Å². The molecule has 33 heavy (non-hydrogen) atoms. The summed E-state index contributed by atoms with van der Waals surface area (Å²) in [6.07, 6.45) is -3.52. The SMILES string of the molecule is O=c1ccn([C@@H]2O[C@H](COP(=O)(O)O)C(O)C2O)c(=O)n1Cc1cnc(-c2ccccc2)o1. The highest BCUT2D eigenvalue weighted by Gasteiger charge is 2.45. The van der Waals surface area contributed by atoms with E-state index < -0.39 is 50.2 Å². The fraction of sp³-hybridized carbons (Fsp3) is 0.316. The summed E-state index contributed by atoms with van der Waals surface area (Å²) >= 11 is 0. The van der Waals surface area contributed by atoms with Crippen molar-refractivity contribution in [2.75, 3.05) is 6.61 Å². The van der Waals surface area contributed by atoms with Crippen molar-refractivity contribution in [2.45, 2.75) is 31.1 Å². The standard InChI is InChI=1S/C19H20N3O10P/c23-14-6-7-21(18-16(25)15(24)13(32-18)10-30-33(27,28)29)19(26)22(14)9-12-8-20-17(31-12)11-4-2-1-3-5-11/h1-8,13,15-16,18,24-25H,9-10H2,(H2,27,28,29)/t13-,15?,16?,18-/m1/s1. The molecular weight excluding hydrogens is 461 g/mol. The fourth-order valence-corrected chi connectivity index (χ4v) is 3.73. The Hall–Kier alpha value is -2.90. The number of phosphoric acid groups is 1. The Bertz CT molecular complexity index is 1280. The van der Waals surface area contributed by atoms with Crippen LogP contribution in [0.4, 0.5) is 0 Å². The van der Waals surface area contributed by atoms with Crippen LogP contribution in [0.3, 0.4) is 0 Å². The molecule has 4 atom stereocenters. The van der Waals surface area contributed by atoms with Gasteiger partial charge in [-0.1, -0.05) is 18.2 Å². The minimum Gasteiger partial charge on any atom is -0.439 e. The maximum absolute atomic E-state index is 13.0. The van der Waals surface area contributed by atoms with Crippen LogP contribution in [0.2, 0.25) is 0 Å². The Morgan fingerprint density at radius 2 is 1.82 bits per heavy atom. The molecule has 0 amide bonds. The van der Waals surface area contributed by atoms with Crippen LogP contribution in [0.25, 0.3) is 11.5 Å². The second kappa shape index (κ2) is 9.15. The van der Waals surface area contributed by atoms with Crippen molar-refractivity contribution in [2.24, 2.45) is 0 Å². The lowest BCUT2D eigenvalue weighted by molar-refractivity contribution is -0.0548. The number of benzene rings is 1. The van der Waals surface area contributed by atoms with Gasteiger partial charge in [-0.2, -0.15) is 0 Å². The van der Waals surface area contributed by atoms with E-state index in [-0.39, 0.29) is 12.3 Å². The summed E-state index contributed by atoms with van der Waals surface area (Å²) in [6.45, 7) is -0.984. The van der Waals surface area contributed by atoms with Gasteiger partial charge in [0.15, 0.2) is 6.23 Å². The van der Waals surface area contributed by atoms with Crippen molar-refractivity contribution < 1.29 is 38.2 Å². The molecule has 1 saturated heterocycles. The number of nitrogens with zero attached hydrogens (tertiary/aromatic N) is 3. The zero-order valence-corrected chi connectivity index (χ0v) is 17.8. The fourth-order valence-electron chi connectivity index (χ4n) is 3.39. The van der Waals surface area contributed by atoms with Crippen molar-refractivity contribution in [1.29, 1.82) is 0 Å². The van der Waals surface area contributed by atoms with Gasteiger partial charge in [0.25, 0.3) is 5.56 Å². The highest BCUT2D eigenvalue weighted by molar-refractivity contribution is 7.46. The second-order valence-electron chi connectivity index (χ2n) is 7.26. The molecule has 0 bridgehead atoms. The van der Waals surface area contributed by atoms with Gasteiger partial charge in [-0.15, -0.1) is 0 Å². The van der Waals surface area contributed by atoms with Crippen LogP contribution < -0.4 is 11.2 Å². The molecule has 3 heterocycles. The predicted octanol–water partition coefficient (Wildman–Crippen LogP) is -0.558. The molecule has 2 aromatic heterocycles. The van der Waals surface area contributed by atoms with Gasteiger partial charge in [0.1, 0.15) is 24.1 Å². The molecule has 0 radical (unpaired) electrons. The predicted molar refractivity (Wildman–Crippen MR) is 110 cm³/mol. The summed E-state index contributed by atoms with van der Waals surface area (Å²) in [5.41, 5.74) is -0.808. The first-order chi connectivity index (χ1) is 15.6. The molecule has 4 N–H and O–H groups in total. The van der Waals surface area contributed by atoms with Crippen molar-refractivity contribution in [3.63, 3.8) is 0 Å². The third kappa shape index (κ3) is 5.04. The highest BCUT2D eigenvalue weighted by atomic mass is 31.2. The van der Waals surface area contributed by atoms with Gasteiger partial charge in [0.2, 0.25) is 5.89 Å². The summed E-state index contributed by atoms with van der Waals surface area (Å²) < 4.78 is 28.0. The number of hydrogen-bond acceptors (Lipinski definition) is 9. The average molecular weight is 481 g/mol. The Labute approximate surface area is 185 Å². The van der Waals surface area contributed by atoms with E-state index in [1.54, 1.807) is 24.3 Å². The quantitative estimate of drug-likeness (QED) is 0.317. The van der Waals surface area contributed by atoms with Gasteiger partial charge < -0.3 is 29.2 Å². The van der Waals surface area contributed by atoms with E-state index in [0.717, 1.165) is 21.4 Å². The normalized spacial score (nSPS) is 23.2. The van der Waals surface area contributed by atoms with Gasteiger partial charge >= 0.3 is 13.5 Å². The monoisotopic (exact) mass is 481 g/mol. The Morgan fingerprint density at radius 3 is 2.52 bits per heavy atom. The van der Waals surface area contributed by atoms with Crippen molar-refractivity contribution in [3.8, 4) is 11.5 Å². The number of oxazole rings is 1. The van der Waals surface area contributed by atoms with Gasteiger partial charge in [0, 0.05) is 17.8 Å². The van der Waals surface area contributed by atoms with E-state index in [0.29, 0.717) is 11.5 Å². The maximum Gasteiger partial charge on any atom is 0.469 e.